The van der Waals surface area contributed by atoms with Gasteiger partial charge in [-0.25, -0.2) is 9.78 Å². The summed E-state index contributed by atoms with van der Waals surface area (Å²) in [6.45, 7) is 1.83. The van der Waals surface area contributed by atoms with E-state index in [4.69, 9.17) is 0 Å². The molecule has 1 unspecified atom stereocenters. The Morgan fingerprint density at radius 1 is 1.21 bits per heavy atom. The van der Waals surface area contributed by atoms with Gasteiger partial charge in [0.2, 0.25) is 0 Å². The summed E-state index contributed by atoms with van der Waals surface area (Å²) in [5, 5.41) is 11.9. The van der Waals surface area contributed by atoms with Gasteiger partial charge in [-0.05, 0) is 25.1 Å². The van der Waals surface area contributed by atoms with Crippen molar-refractivity contribution < 1.29 is 19.2 Å². The fraction of sp³-hybridized carbons (Fsp3) is 0.211. The van der Waals surface area contributed by atoms with Gasteiger partial charge in [-0.3, -0.25) is 14.9 Å². The van der Waals surface area contributed by atoms with Crippen LogP contribution >= 0.6 is 11.3 Å². The largest absolute Gasteiger partial charge is 0.465 e. The highest BCUT2D eigenvalue weighted by molar-refractivity contribution is 7.18. The molecule has 144 valence electrons. The highest BCUT2D eigenvalue weighted by atomic mass is 32.1. The topological polar surface area (TPSA) is 103 Å². The van der Waals surface area contributed by atoms with Crippen molar-refractivity contribution in [1.82, 2.24) is 9.88 Å². The molecule has 0 radical (unpaired) electrons. The summed E-state index contributed by atoms with van der Waals surface area (Å²) in [4.78, 5) is 41.3. The van der Waals surface area contributed by atoms with Gasteiger partial charge < -0.3 is 9.64 Å². The summed E-state index contributed by atoms with van der Waals surface area (Å²) >= 11 is 1.48. The zero-order chi connectivity index (χ0) is 20.4. The lowest BCUT2D eigenvalue weighted by atomic mass is 10.1. The van der Waals surface area contributed by atoms with Crippen LogP contribution in [-0.2, 0) is 4.74 Å². The molecule has 0 aliphatic carbocycles. The fourth-order valence-corrected chi connectivity index (χ4v) is 3.75. The van der Waals surface area contributed by atoms with Crippen LogP contribution in [0.3, 0.4) is 0 Å². The lowest BCUT2D eigenvalue weighted by Crippen LogP contribution is -2.29. The SMILES string of the molecule is COC(=O)c1cc(C(=O)N(C)C(C)c2nc3ccccc3s2)cc([N+](=O)[O-])c1. The number of benzene rings is 2. The van der Waals surface area contributed by atoms with Crippen molar-refractivity contribution in [3.63, 3.8) is 0 Å². The number of thiazole rings is 1. The number of nitro benzene ring substituents is 1. The molecule has 2 aromatic carbocycles. The monoisotopic (exact) mass is 399 g/mol. The smallest absolute Gasteiger partial charge is 0.338 e. The molecule has 0 saturated heterocycles. The highest BCUT2D eigenvalue weighted by Gasteiger charge is 2.25. The third-order valence-corrected chi connectivity index (χ3v) is 5.57. The zero-order valence-electron chi connectivity index (χ0n) is 15.4. The Labute approximate surface area is 164 Å². The first-order valence-corrected chi connectivity index (χ1v) is 9.14. The molecule has 1 atom stereocenters. The molecular formula is C19H17N3O5S. The Hall–Kier alpha value is -3.33. The van der Waals surface area contributed by atoms with Crippen LogP contribution in [0, 0.1) is 10.1 Å². The lowest BCUT2D eigenvalue weighted by Gasteiger charge is -2.23. The first-order valence-electron chi connectivity index (χ1n) is 8.32. The Bertz CT molecular complexity index is 1050. The second kappa shape index (κ2) is 7.73. The van der Waals surface area contributed by atoms with Gasteiger partial charge in [-0.1, -0.05) is 12.1 Å². The summed E-state index contributed by atoms with van der Waals surface area (Å²) in [6, 6.07) is 10.8. The van der Waals surface area contributed by atoms with E-state index >= 15 is 0 Å². The maximum Gasteiger partial charge on any atom is 0.338 e. The molecule has 0 fully saturated rings. The van der Waals surface area contributed by atoms with E-state index < -0.39 is 16.8 Å². The van der Waals surface area contributed by atoms with Crippen LogP contribution in [0.1, 0.15) is 38.7 Å². The number of amides is 1. The third-order valence-electron chi connectivity index (χ3n) is 4.37. The van der Waals surface area contributed by atoms with E-state index in [1.54, 1.807) is 7.05 Å². The van der Waals surface area contributed by atoms with Gasteiger partial charge in [-0.2, -0.15) is 0 Å². The number of non-ortho nitro benzene ring substituents is 1. The van der Waals surface area contributed by atoms with Crippen LogP contribution < -0.4 is 0 Å². The predicted molar refractivity (Wildman–Crippen MR) is 105 cm³/mol. The van der Waals surface area contributed by atoms with Gasteiger partial charge in [0.25, 0.3) is 11.6 Å². The molecule has 0 N–H and O–H groups in total. The minimum atomic E-state index is -0.750. The number of hydrogen-bond donors (Lipinski definition) is 0. The molecule has 3 rings (SSSR count). The van der Waals surface area contributed by atoms with Crippen molar-refractivity contribution in [2.75, 3.05) is 14.2 Å². The summed E-state index contributed by atoms with van der Waals surface area (Å²) in [6.07, 6.45) is 0. The average molecular weight is 399 g/mol. The van der Waals surface area contributed by atoms with Crippen LogP contribution in [0.5, 0.6) is 0 Å². The van der Waals surface area contributed by atoms with Gasteiger partial charge in [0, 0.05) is 24.7 Å². The molecule has 0 aliphatic rings. The molecule has 0 spiro atoms. The number of methoxy groups -OCH3 is 1. The molecule has 0 bridgehead atoms. The van der Waals surface area contributed by atoms with Crippen molar-refractivity contribution >= 4 is 39.1 Å². The van der Waals surface area contributed by atoms with E-state index in [-0.39, 0.29) is 22.9 Å². The van der Waals surface area contributed by atoms with Crippen LogP contribution in [-0.4, -0.2) is 40.8 Å². The van der Waals surface area contributed by atoms with Gasteiger partial charge in [0.05, 0.1) is 33.9 Å². The first-order chi connectivity index (χ1) is 13.3. The second-order valence-corrected chi connectivity index (χ2v) is 7.19. The maximum absolute atomic E-state index is 12.9. The zero-order valence-corrected chi connectivity index (χ0v) is 16.2. The normalized spacial score (nSPS) is 11.8. The number of rotatable bonds is 5. The van der Waals surface area contributed by atoms with Crippen molar-refractivity contribution in [2.24, 2.45) is 0 Å². The van der Waals surface area contributed by atoms with E-state index in [9.17, 15) is 19.7 Å². The molecular weight excluding hydrogens is 382 g/mol. The maximum atomic E-state index is 12.9. The molecule has 0 saturated carbocycles. The number of aromatic nitrogens is 1. The number of nitrogens with zero attached hydrogens (tertiary/aromatic N) is 3. The fourth-order valence-electron chi connectivity index (χ4n) is 2.69. The van der Waals surface area contributed by atoms with Gasteiger partial charge >= 0.3 is 5.97 Å². The van der Waals surface area contributed by atoms with E-state index in [2.05, 4.69) is 9.72 Å². The van der Waals surface area contributed by atoms with Gasteiger partial charge in [0.1, 0.15) is 5.01 Å². The second-order valence-electron chi connectivity index (χ2n) is 6.13. The quantitative estimate of drug-likeness (QED) is 0.367. The number of fused-ring (bicyclic) bond motifs is 1. The van der Waals surface area contributed by atoms with Crippen LogP contribution in [0.2, 0.25) is 0 Å². The van der Waals surface area contributed by atoms with Crippen molar-refractivity contribution in [2.45, 2.75) is 13.0 Å². The summed E-state index contributed by atoms with van der Waals surface area (Å²) in [7, 11) is 2.76. The van der Waals surface area contributed by atoms with Gasteiger partial charge in [-0.15, -0.1) is 11.3 Å². The minimum Gasteiger partial charge on any atom is -0.465 e. The number of ether oxygens (including phenoxy) is 1. The van der Waals surface area contributed by atoms with Crippen molar-refractivity contribution in [3.8, 4) is 0 Å². The summed E-state index contributed by atoms with van der Waals surface area (Å²) in [5.41, 5.74) is 0.469. The van der Waals surface area contributed by atoms with E-state index in [1.165, 1.54) is 29.4 Å². The molecule has 3 aromatic rings. The molecule has 9 heteroatoms. The standard InChI is InChI=1S/C19H17N3O5S/c1-11(17-20-15-6-4-5-7-16(15)28-17)21(2)18(23)12-8-13(19(24)27-3)10-14(9-12)22(25)26/h4-11H,1-3H3. The summed E-state index contributed by atoms with van der Waals surface area (Å²) < 4.78 is 5.63. The van der Waals surface area contributed by atoms with Crippen molar-refractivity contribution in [3.05, 3.63) is 68.7 Å². The number of para-hydroxylation sites is 1. The molecule has 8 nitrogen and oxygen atoms in total. The number of carbonyl (C=O) groups is 2. The third kappa shape index (κ3) is 3.70. The molecule has 0 aliphatic heterocycles. The molecule has 28 heavy (non-hydrogen) atoms. The van der Waals surface area contributed by atoms with E-state index in [0.29, 0.717) is 0 Å². The Morgan fingerprint density at radius 3 is 2.54 bits per heavy atom. The number of carbonyl (C=O) groups excluding carboxylic acids is 2. The van der Waals surface area contributed by atoms with E-state index in [1.807, 2.05) is 31.2 Å². The highest BCUT2D eigenvalue weighted by Crippen LogP contribution is 2.30. The number of esters is 1. The molecule has 1 aromatic heterocycles. The van der Waals surface area contributed by atoms with Gasteiger partial charge in [0.15, 0.2) is 0 Å². The lowest BCUT2D eigenvalue weighted by molar-refractivity contribution is -0.384. The van der Waals surface area contributed by atoms with E-state index in [0.717, 1.165) is 27.4 Å². The van der Waals surface area contributed by atoms with Crippen LogP contribution in [0.25, 0.3) is 10.2 Å². The number of hydrogen-bond acceptors (Lipinski definition) is 7. The molecule has 1 heterocycles. The molecule has 1 amide bonds. The Morgan fingerprint density at radius 2 is 1.89 bits per heavy atom. The first kappa shape index (κ1) is 19.4. The Kier molecular flexibility index (Phi) is 5.36. The van der Waals surface area contributed by atoms with Crippen LogP contribution in [0.15, 0.2) is 42.5 Å². The average Bonchev–Trinajstić information content (AvgIpc) is 3.15. The minimum absolute atomic E-state index is 0.0325. The Balaban J connectivity index is 1.94. The summed E-state index contributed by atoms with van der Waals surface area (Å²) in [5.74, 6) is -1.21. The van der Waals surface area contributed by atoms with Crippen LogP contribution in [0.4, 0.5) is 5.69 Å². The predicted octanol–water partition coefficient (Wildman–Crippen LogP) is 3.82. The number of nitro groups is 1. The van der Waals surface area contributed by atoms with Crippen molar-refractivity contribution in [1.29, 1.82) is 0 Å².